The Bertz CT molecular complexity index is 700. The molecule has 1 atom stereocenters. The number of aliphatic carboxylic acids is 1. The molecule has 7 nitrogen and oxygen atoms in total. The first-order valence-electron chi connectivity index (χ1n) is 6.22. The Morgan fingerprint density at radius 3 is 3.00 bits per heavy atom. The Hall–Kier alpha value is -2.53. The Morgan fingerprint density at radius 2 is 2.35 bits per heavy atom. The van der Waals surface area contributed by atoms with E-state index in [4.69, 9.17) is 10.6 Å². The maximum absolute atomic E-state index is 10.6. The predicted octanol–water partition coefficient (Wildman–Crippen LogP) is 3.10. The van der Waals surface area contributed by atoms with E-state index in [1.165, 1.54) is 0 Å². The number of aromatic nitrogens is 2. The van der Waals surface area contributed by atoms with Gasteiger partial charge >= 0.3 is 5.97 Å². The van der Waals surface area contributed by atoms with Crippen molar-refractivity contribution in [3.63, 3.8) is 0 Å². The van der Waals surface area contributed by atoms with E-state index in [2.05, 4.69) is 15.0 Å². The highest BCUT2D eigenvalue weighted by Crippen LogP contribution is 2.26. The molecule has 20 heavy (non-hydrogen) atoms. The van der Waals surface area contributed by atoms with Crippen molar-refractivity contribution in [2.45, 2.75) is 25.8 Å². The summed E-state index contributed by atoms with van der Waals surface area (Å²) in [5, 5.41) is 12.4. The number of benzene rings is 1. The minimum absolute atomic E-state index is 0.0387. The Labute approximate surface area is 115 Å². The lowest BCUT2D eigenvalue weighted by atomic mass is 10.0. The van der Waals surface area contributed by atoms with E-state index in [1.54, 1.807) is 0 Å². The fourth-order valence-electron chi connectivity index (χ4n) is 2.16. The lowest BCUT2D eigenvalue weighted by molar-refractivity contribution is -0.137. The number of hydrogen-bond donors (Lipinski definition) is 1. The average molecular weight is 273 g/mol. The molecule has 1 unspecified atom stereocenters. The van der Waals surface area contributed by atoms with E-state index < -0.39 is 12.0 Å². The van der Waals surface area contributed by atoms with Crippen LogP contribution >= 0.6 is 0 Å². The van der Waals surface area contributed by atoms with E-state index in [1.807, 2.05) is 36.7 Å². The third-order valence-corrected chi connectivity index (χ3v) is 3.34. The van der Waals surface area contributed by atoms with Gasteiger partial charge < -0.3 is 9.67 Å². The van der Waals surface area contributed by atoms with Crippen LogP contribution in [-0.4, -0.2) is 20.6 Å². The number of aryl methyl sites for hydroxylation is 2. The van der Waals surface area contributed by atoms with Gasteiger partial charge in [-0.2, -0.15) is 0 Å². The number of fused-ring (bicyclic) bond motifs is 1. The lowest BCUT2D eigenvalue weighted by Gasteiger charge is -2.10. The number of carboxylic acids is 1. The standard InChI is InChI=1S/C13H15N5O2/c1-8-15-11-7-9(3-5-12(11)18(8)2)10(16-17-14)4-6-13(19)20/h3,5,7,10H,4,6H2,1-2H3,(H,19,20). The summed E-state index contributed by atoms with van der Waals surface area (Å²) in [6, 6.07) is 5.13. The third kappa shape index (κ3) is 2.73. The summed E-state index contributed by atoms with van der Waals surface area (Å²) < 4.78 is 1.97. The van der Waals surface area contributed by atoms with Crippen LogP contribution in [0.3, 0.4) is 0 Å². The monoisotopic (exact) mass is 273 g/mol. The molecule has 1 N–H and O–H groups in total. The Balaban J connectivity index is 2.37. The van der Waals surface area contributed by atoms with Crippen molar-refractivity contribution in [3.05, 3.63) is 40.0 Å². The summed E-state index contributed by atoms with van der Waals surface area (Å²) in [6.45, 7) is 1.91. The van der Waals surface area contributed by atoms with Crippen molar-refractivity contribution in [2.24, 2.45) is 12.2 Å². The normalized spacial score (nSPS) is 12.1. The summed E-state index contributed by atoms with van der Waals surface area (Å²) in [5.41, 5.74) is 11.2. The van der Waals surface area contributed by atoms with E-state index in [-0.39, 0.29) is 12.8 Å². The second kappa shape index (κ2) is 5.63. The summed E-state index contributed by atoms with van der Waals surface area (Å²) >= 11 is 0. The van der Waals surface area contributed by atoms with E-state index in [0.717, 1.165) is 22.4 Å². The van der Waals surface area contributed by atoms with Crippen molar-refractivity contribution < 1.29 is 9.90 Å². The molecule has 2 rings (SSSR count). The first kappa shape index (κ1) is 13.9. The van der Waals surface area contributed by atoms with Gasteiger partial charge in [-0.3, -0.25) is 4.79 Å². The highest BCUT2D eigenvalue weighted by molar-refractivity contribution is 5.77. The van der Waals surface area contributed by atoms with E-state index >= 15 is 0 Å². The van der Waals surface area contributed by atoms with Gasteiger partial charge in [0.05, 0.1) is 17.1 Å². The molecule has 0 saturated carbocycles. The summed E-state index contributed by atoms with van der Waals surface area (Å²) in [4.78, 5) is 17.9. The molecule has 0 bridgehead atoms. The maximum atomic E-state index is 10.6. The zero-order valence-corrected chi connectivity index (χ0v) is 11.3. The number of rotatable bonds is 5. The van der Waals surface area contributed by atoms with Gasteiger partial charge in [0.2, 0.25) is 0 Å². The smallest absolute Gasteiger partial charge is 0.303 e. The van der Waals surface area contributed by atoms with Crippen LogP contribution in [0.1, 0.15) is 30.3 Å². The quantitative estimate of drug-likeness (QED) is 0.514. The molecular weight excluding hydrogens is 258 g/mol. The number of nitrogens with zero attached hydrogens (tertiary/aromatic N) is 5. The van der Waals surface area contributed by atoms with Crippen molar-refractivity contribution in [2.75, 3.05) is 0 Å². The lowest BCUT2D eigenvalue weighted by Crippen LogP contribution is -2.01. The van der Waals surface area contributed by atoms with Crippen molar-refractivity contribution in [1.29, 1.82) is 0 Å². The van der Waals surface area contributed by atoms with Crippen LogP contribution < -0.4 is 0 Å². The zero-order valence-electron chi connectivity index (χ0n) is 11.3. The number of carbonyl (C=O) groups is 1. The SMILES string of the molecule is Cc1nc2cc(C(CCC(=O)O)N=[N+]=[N-])ccc2n1C. The molecule has 0 fully saturated rings. The molecule has 0 aliphatic rings. The Kier molecular flexibility index (Phi) is 3.91. The zero-order chi connectivity index (χ0) is 14.7. The summed E-state index contributed by atoms with van der Waals surface area (Å²) in [7, 11) is 1.93. The van der Waals surface area contributed by atoms with Crippen LogP contribution in [-0.2, 0) is 11.8 Å². The van der Waals surface area contributed by atoms with Gasteiger partial charge in [-0.1, -0.05) is 11.2 Å². The van der Waals surface area contributed by atoms with Crippen LogP contribution in [0.4, 0.5) is 0 Å². The van der Waals surface area contributed by atoms with Crippen molar-refractivity contribution in [3.8, 4) is 0 Å². The molecule has 0 amide bonds. The van der Waals surface area contributed by atoms with Crippen molar-refractivity contribution >= 4 is 17.0 Å². The van der Waals surface area contributed by atoms with Gasteiger partial charge in [-0.25, -0.2) is 4.98 Å². The van der Waals surface area contributed by atoms with Gasteiger partial charge in [0, 0.05) is 18.4 Å². The molecular formula is C13H15N5O2. The van der Waals surface area contributed by atoms with Crippen LogP contribution in [0.15, 0.2) is 23.3 Å². The number of hydrogen-bond acceptors (Lipinski definition) is 3. The fraction of sp³-hybridized carbons (Fsp3) is 0.385. The molecule has 0 aliphatic carbocycles. The number of imidazole rings is 1. The number of azide groups is 1. The topological polar surface area (TPSA) is 104 Å². The molecule has 0 saturated heterocycles. The van der Waals surface area contributed by atoms with Gasteiger partial charge in [0.15, 0.2) is 0 Å². The molecule has 0 radical (unpaired) electrons. The molecule has 7 heteroatoms. The van der Waals surface area contributed by atoms with Gasteiger partial charge in [-0.05, 0) is 36.6 Å². The number of carboxylic acid groups (broad SMARTS) is 1. The first-order chi connectivity index (χ1) is 9.52. The van der Waals surface area contributed by atoms with Crippen LogP contribution in [0.25, 0.3) is 21.5 Å². The molecule has 1 aromatic heterocycles. The molecule has 1 aromatic carbocycles. The van der Waals surface area contributed by atoms with Crippen molar-refractivity contribution in [1.82, 2.24) is 9.55 Å². The Morgan fingerprint density at radius 1 is 1.60 bits per heavy atom. The average Bonchev–Trinajstić information content (AvgIpc) is 2.69. The van der Waals surface area contributed by atoms with Gasteiger partial charge in [0.25, 0.3) is 0 Å². The minimum Gasteiger partial charge on any atom is -0.481 e. The van der Waals surface area contributed by atoms with E-state index in [9.17, 15) is 4.79 Å². The van der Waals surface area contributed by atoms with Crippen LogP contribution in [0, 0.1) is 6.92 Å². The molecule has 104 valence electrons. The predicted molar refractivity (Wildman–Crippen MR) is 74.2 cm³/mol. The molecule has 2 aromatic rings. The highest BCUT2D eigenvalue weighted by atomic mass is 16.4. The van der Waals surface area contributed by atoms with Crippen LogP contribution in [0.5, 0.6) is 0 Å². The van der Waals surface area contributed by atoms with Gasteiger partial charge in [0.1, 0.15) is 5.82 Å². The second-order valence-electron chi connectivity index (χ2n) is 4.62. The fourth-order valence-corrected chi connectivity index (χ4v) is 2.16. The molecule has 0 spiro atoms. The molecule has 1 heterocycles. The summed E-state index contributed by atoms with van der Waals surface area (Å²) in [5.74, 6) is -0.0130. The largest absolute Gasteiger partial charge is 0.481 e. The van der Waals surface area contributed by atoms with Gasteiger partial charge in [-0.15, -0.1) is 0 Å². The van der Waals surface area contributed by atoms with E-state index in [0.29, 0.717) is 0 Å². The van der Waals surface area contributed by atoms with Crippen LogP contribution in [0.2, 0.25) is 0 Å². The summed E-state index contributed by atoms with van der Waals surface area (Å²) in [6.07, 6.45) is 0.236. The maximum Gasteiger partial charge on any atom is 0.303 e. The third-order valence-electron chi connectivity index (χ3n) is 3.34. The first-order valence-corrected chi connectivity index (χ1v) is 6.22. The molecule has 0 aliphatic heterocycles. The minimum atomic E-state index is -0.905. The second-order valence-corrected chi connectivity index (χ2v) is 4.62. The highest BCUT2D eigenvalue weighted by Gasteiger charge is 2.14.